The third-order valence-corrected chi connectivity index (χ3v) is 3.39. The van der Waals surface area contributed by atoms with Crippen LogP contribution in [0.2, 0.25) is 0 Å². The maximum Gasteiger partial charge on any atom is 0.173 e. The molecule has 2 aromatic rings. The summed E-state index contributed by atoms with van der Waals surface area (Å²) in [4.78, 5) is 1.99. The molecule has 0 aliphatic carbocycles. The molecule has 0 unspecified atom stereocenters. The second-order valence-corrected chi connectivity index (χ2v) is 4.85. The molecule has 4 heteroatoms. The largest absolute Gasteiger partial charge is 0.496 e. The summed E-state index contributed by atoms with van der Waals surface area (Å²) < 4.78 is 5.35. The maximum absolute atomic E-state index is 5.41. The summed E-state index contributed by atoms with van der Waals surface area (Å²) in [6.07, 6.45) is 0. The molecule has 2 rings (SSSR count). The van der Waals surface area contributed by atoms with E-state index in [-0.39, 0.29) is 0 Å². The molecule has 0 fully saturated rings. The topological polar surface area (TPSA) is 24.5 Å². The van der Waals surface area contributed by atoms with Crippen molar-refractivity contribution < 1.29 is 4.74 Å². The summed E-state index contributed by atoms with van der Waals surface area (Å²) in [6.45, 7) is 0.697. The van der Waals surface area contributed by atoms with Gasteiger partial charge in [-0.25, -0.2) is 0 Å². The van der Waals surface area contributed by atoms with Crippen LogP contribution in [0.5, 0.6) is 5.75 Å². The zero-order valence-corrected chi connectivity index (χ0v) is 12.5. The Labute approximate surface area is 125 Å². The molecule has 0 heterocycles. The van der Waals surface area contributed by atoms with Crippen LogP contribution in [0.4, 0.5) is 5.69 Å². The minimum atomic E-state index is 0.683. The molecule has 104 valence electrons. The van der Waals surface area contributed by atoms with Gasteiger partial charge in [0.05, 0.1) is 7.11 Å². The second-order valence-electron chi connectivity index (χ2n) is 4.46. The highest BCUT2D eigenvalue weighted by Gasteiger charge is 2.08. The van der Waals surface area contributed by atoms with E-state index in [0.29, 0.717) is 11.7 Å². The fraction of sp³-hybridized carbons (Fsp3) is 0.188. The molecule has 3 nitrogen and oxygen atoms in total. The van der Waals surface area contributed by atoms with Gasteiger partial charge in [0, 0.05) is 24.8 Å². The molecule has 0 amide bonds. The number of nitrogens with zero attached hydrogens (tertiary/aromatic N) is 1. The Hall–Kier alpha value is -2.07. The highest BCUT2D eigenvalue weighted by atomic mass is 32.1. The standard InChI is InChI=1S/C16H18N2OS/c1-18(12-13-8-6-7-11-15(13)19-2)16(20)17-14-9-4-3-5-10-14/h3-11H,12H2,1-2H3,(H,17,20). The van der Waals surface area contributed by atoms with Crippen LogP contribution in [0.1, 0.15) is 5.56 Å². The van der Waals surface area contributed by atoms with E-state index in [1.54, 1.807) is 7.11 Å². The Morgan fingerprint density at radius 2 is 1.75 bits per heavy atom. The molecular formula is C16H18N2OS. The Morgan fingerprint density at radius 1 is 1.10 bits per heavy atom. The average Bonchev–Trinajstić information content (AvgIpc) is 2.48. The molecule has 0 radical (unpaired) electrons. The number of thiocarbonyl (C=S) groups is 1. The number of anilines is 1. The molecule has 0 spiro atoms. The van der Waals surface area contributed by atoms with Gasteiger partial charge in [-0.3, -0.25) is 0 Å². The molecule has 0 aromatic heterocycles. The zero-order valence-electron chi connectivity index (χ0n) is 11.7. The smallest absolute Gasteiger partial charge is 0.173 e. The van der Waals surface area contributed by atoms with Crippen molar-refractivity contribution in [1.82, 2.24) is 4.90 Å². The average molecular weight is 286 g/mol. The van der Waals surface area contributed by atoms with E-state index in [1.165, 1.54) is 0 Å². The van der Waals surface area contributed by atoms with E-state index in [4.69, 9.17) is 17.0 Å². The number of nitrogens with one attached hydrogen (secondary N) is 1. The Morgan fingerprint density at radius 3 is 2.45 bits per heavy atom. The predicted octanol–water partition coefficient (Wildman–Crippen LogP) is 3.52. The van der Waals surface area contributed by atoms with Crippen molar-refractivity contribution in [2.24, 2.45) is 0 Å². The molecule has 20 heavy (non-hydrogen) atoms. The third-order valence-electron chi connectivity index (χ3n) is 2.97. The van der Waals surface area contributed by atoms with Gasteiger partial charge in [0.15, 0.2) is 5.11 Å². The van der Waals surface area contributed by atoms with Crippen molar-refractivity contribution in [1.29, 1.82) is 0 Å². The van der Waals surface area contributed by atoms with E-state index in [0.717, 1.165) is 17.0 Å². The number of para-hydroxylation sites is 2. The van der Waals surface area contributed by atoms with E-state index in [2.05, 4.69) is 5.32 Å². The molecular weight excluding hydrogens is 268 g/mol. The summed E-state index contributed by atoms with van der Waals surface area (Å²) >= 11 is 5.41. The predicted molar refractivity (Wildman–Crippen MR) is 87.1 cm³/mol. The number of hydrogen-bond donors (Lipinski definition) is 1. The molecule has 0 atom stereocenters. The lowest BCUT2D eigenvalue weighted by atomic mass is 10.2. The van der Waals surface area contributed by atoms with Crippen LogP contribution in [0, 0.1) is 0 Å². The summed E-state index contributed by atoms with van der Waals surface area (Å²) in [7, 11) is 3.64. The van der Waals surface area contributed by atoms with E-state index >= 15 is 0 Å². The Balaban J connectivity index is 2.01. The van der Waals surface area contributed by atoms with E-state index < -0.39 is 0 Å². The number of benzene rings is 2. The first-order valence-corrected chi connectivity index (χ1v) is 6.80. The van der Waals surface area contributed by atoms with Crippen molar-refractivity contribution in [3.05, 3.63) is 60.2 Å². The quantitative estimate of drug-likeness (QED) is 0.869. The van der Waals surface area contributed by atoms with Crippen LogP contribution in [0.25, 0.3) is 0 Å². The first-order valence-electron chi connectivity index (χ1n) is 6.40. The Bertz CT molecular complexity index is 572. The van der Waals surface area contributed by atoms with Crippen LogP contribution in [-0.2, 0) is 6.54 Å². The van der Waals surface area contributed by atoms with Gasteiger partial charge in [0.1, 0.15) is 5.75 Å². The lowest BCUT2D eigenvalue weighted by molar-refractivity contribution is 0.399. The molecule has 0 aliphatic heterocycles. The monoisotopic (exact) mass is 286 g/mol. The lowest BCUT2D eigenvalue weighted by Crippen LogP contribution is -2.30. The van der Waals surface area contributed by atoms with Gasteiger partial charge in [-0.15, -0.1) is 0 Å². The van der Waals surface area contributed by atoms with Crippen LogP contribution in [-0.4, -0.2) is 24.2 Å². The molecule has 0 bridgehead atoms. The van der Waals surface area contributed by atoms with Gasteiger partial charge < -0.3 is 15.0 Å². The van der Waals surface area contributed by atoms with Crippen LogP contribution < -0.4 is 10.1 Å². The summed E-state index contributed by atoms with van der Waals surface area (Å²) in [6, 6.07) is 17.9. The van der Waals surface area contributed by atoms with Crippen molar-refractivity contribution in [3.63, 3.8) is 0 Å². The zero-order chi connectivity index (χ0) is 14.4. The Kier molecular flexibility index (Phi) is 4.96. The van der Waals surface area contributed by atoms with Gasteiger partial charge in [-0.2, -0.15) is 0 Å². The van der Waals surface area contributed by atoms with Crippen molar-refractivity contribution in [3.8, 4) is 5.75 Å². The molecule has 0 saturated carbocycles. The maximum atomic E-state index is 5.41. The minimum absolute atomic E-state index is 0.683. The van der Waals surface area contributed by atoms with Gasteiger partial charge in [-0.05, 0) is 30.4 Å². The number of methoxy groups -OCH3 is 1. The van der Waals surface area contributed by atoms with E-state index in [1.807, 2.05) is 66.5 Å². The minimum Gasteiger partial charge on any atom is -0.496 e. The highest BCUT2D eigenvalue weighted by Crippen LogP contribution is 2.19. The fourth-order valence-corrected chi connectivity index (χ4v) is 2.08. The van der Waals surface area contributed by atoms with Gasteiger partial charge in [-0.1, -0.05) is 36.4 Å². The van der Waals surface area contributed by atoms with Crippen LogP contribution in [0.15, 0.2) is 54.6 Å². The second kappa shape index (κ2) is 6.91. The lowest BCUT2D eigenvalue weighted by Gasteiger charge is -2.22. The number of ether oxygens (including phenoxy) is 1. The third kappa shape index (κ3) is 3.71. The molecule has 0 saturated heterocycles. The fourth-order valence-electron chi connectivity index (χ4n) is 1.90. The van der Waals surface area contributed by atoms with E-state index in [9.17, 15) is 0 Å². The number of rotatable bonds is 4. The summed E-state index contributed by atoms with van der Waals surface area (Å²) in [5, 5.41) is 3.90. The van der Waals surface area contributed by atoms with Gasteiger partial charge in [0.2, 0.25) is 0 Å². The summed E-state index contributed by atoms with van der Waals surface area (Å²) in [5.74, 6) is 0.877. The molecule has 2 aromatic carbocycles. The van der Waals surface area contributed by atoms with Gasteiger partial charge >= 0.3 is 0 Å². The first-order chi connectivity index (χ1) is 9.70. The van der Waals surface area contributed by atoms with Crippen molar-refractivity contribution in [2.75, 3.05) is 19.5 Å². The SMILES string of the molecule is COc1ccccc1CN(C)C(=S)Nc1ccccc1. The van der Waals surface area contributed by atoms with Crippen LogP contribution >= 0.6 is 12.2 Å². The molecule has 0 aliphatic rings. The van der Waals surface area contributed by atoms with Crippen LogP contribution in [0.3, 0.4) is 0 Å². The van der Waals surface area contributed by atoms with Crippen molar-refractivity contribution >= 4 is 23.0 Å². The summed E-state index contributed by atoms with van der Waals surface area (Å²) in [5.41, 5.74) is 2.10. The normalized spacial score (nSPS) is 9.90. The first kappa shape index (κ1) is 14.3. The van der Waals surface area contributed by atoms with Crippen molar-refractivity contribution in [2.45, 2.75) is 6.54 Å². The number of hydrogen-bond acceptors (Lipinski definition) is 2. The molecule has 1 N–H and O–H groups in total. The van der Waals surface area contributed by atoms with Gasteiger partial charge in [0.25, 0.3) is 0 Å². The highest BCUT2D eigenvalue weighted by molar-refractivity contribution is 7.80.